The highest BCUT2D eigenvalue weighted by atomic mass is 19.4. The molecule has 0 aromatic rings. The van der Waals surface area contributed by atoms with Gasteiger partial charge in [-0.25, -0.2) is 0 Å². The number of morpholine rings is 1. The minimum atomic E-state index is -4.00. The zero-order valence-corrected chi connectivity index (χ0v) is 13.7. The van der Waals surface area contributed by atoms with Gasteiger partial charge in [0.2, 0.25) is 0 Å². The molecule has 0 aromatic heterocycles. The quantitative estimate of drug-likeness (QED) is 0.829. The summed E-state index contributed by atoms with van der Waals surface area (Å²) in [5.41, 5.74) is 0. The van der Waals surface area contributed by atoms with E-state index in [0.717, 1.165) is 26.3 Å². The third-order valence-electron chi connectivity index (χ3n) is 6.01. The molecule has 0 amide bonds. The molecule has 3 fully saturated rings. The topological polar surface area (TPSA) is 33.3 Å². The van der Waals surface area contributed by atoms with Gasteiger partial charge >= 0.3 is 6.18 Å². The number of rotatable bonds is 4. The summed E-state index contributed by atoms with van der Waals surface area (Å²) in [5, 5.41) is 7.24. The first-order valence-electron chi connectivity index (χ1n) is 9.15. The Kier molecular flexibility index (Phi) is 5.86. The van der Waals surface area contributed by atoms with Gasteiger partial charge in [0.05, 0.1) is 19.1 Å². The second-order valence-electron chi connectivity index (χ2n) is 7.50. The lowest BCUT2D eigenvalue weighted by molar-refractivity contribution is -0.183. The Labute approximate surface area is 136 Å². The first-order valence-corrected chi connectivity index (χ1v) is 9.15. The highest BCUT2D eigenvalue weighted by molar-refractivity contribution is 4.92. The summed E-state index contributed by atoms with van der Waals surface area (Å²) in [6.07, 6.45) is 1.67. The number of halogens is 3. The van der Waals surface area contributed by atoms with Gasteiger partial charge in [0.15, 0.2) is 0 Å². The molecule has 6 heteroatoms. The van der Waals surface area contributed by atoms with Crippen molar-refractivity contribution in [3.63, 3.8) is 0 Å². The van der Waals surface area contributed by atoms with E-state index in [4.69, 9.17) is 4.74 Å². The Morgan fingerprint density at radius 2 is 1.83 bits per heavy atom. The lowest BCUT2D eigenvalue weighted by Gasteiger charge is -2.35. The Bertz CT molecular complexity index is 363. The molecule has 0 radical (unpaired) electrons. The number of hydrogen-bond donors (Lipinski definition) is 2. The minimum absolute atomic E-state index is 0.308. The van der Waals surface area contributed by atoms with Crippen LogP contribution in [0.15, 0.2) is 0 Å². The monoisotopic (exact) mass is 334 g/mol. The lowest BCUT2D eigenvalue weighted by atomic mass is 9.81. The van der Waals surface area contributed by atoms with Crippen molar-refractivity contribution in [2.75, 3.05) is 26.3 Å². The molecule has 3 nitrogen and oxygen atoms in total. The Hall–Kier alpha value is -0.330. The van der Waals surface area contributed by atoms with Gasteiger partial charge < -0.3 is 15.4 Å². The summed E-state index contributed by atoms with van der Waals surface area (Å²) in [6.45, 7) is 3.39. The maximum absolute atomic E-state index is 12.7. The SMILES string of the molecule is FC(F)(F)C1CCC(CNC2CCCC2C2COCCN2)CC1. The van der Waals surface area contributed by atoms with Crippen LogP contribution in [0.2, 0.25) is 0 Å². The van der Waals surface area contributed by atoms with Crippen LogP contribution >= 0.6 is 0 Å². The van der Waals surface area contributed by atoms with Crippen LogP contribution in [-0.2, 0) is 4.74 Å². The molecule has 2 aliphatic carbocycles. The summed E-state index contributed by atoms with van der Waals surface area (Å²) in [7, 11) is 0. The van der Waals surface area contributed by atoms with E-state index in [1.807, 2.05) is 0 Å². The van der Waals surface area contributed by atoms with Crippen LogP contribution in [0.1, 0.15) is 44.9 Å². The molecule has 3 atom stereocenters. The maximum atomic E-state index is 12.7. The molecule has 1 heterocycles. The summed E-state index contributed by atoms with van der Waals surface area (Å²) in [6, 6.07) is 0.930. The molecule has 1 saturated heterocycles. The fraction of sp³-hybridized carbons (Fsp3) is 1.00. The number of alkyl halides is 3. The molecular formula is C17H29F3N2O. The predicted octanol–water partition coefficient (Wildman–Crippen LogP) is 3.10. The molecule has 2 N–H and O–H groups in total. The molecule has 2 saturated carbocycles. The van der Waals surface area contributed by atoms with Gasteiger partial charge in [0.1, 0.15) is 0 Å². The van der Waals surface area contributed by atoms with Gasteiger partial charge in [-0.15, -0.1) is 0 Å². The van der Waals surface area contributed by atoms with Gasteiger partial charge in [-0.2, -0.15) is 13.2 Å². The van der Waals surface area contributed by atoms with Crippen molar-refractivity contribution in [2.45, 2.75) is 63.2 Å². The second-order valence-corrected chi connectivity index (χ2v) is 7.50. The summed E-state index contributed by atoms with van der Waals surface area (Å²) < 4.78 is 43.8. The zero-order chi connectivity index (χ0) is 16.3. The number of ether oxygens (including phenoxy) is 1. The van der Waals surface area contributed by atoms with Gasteiger partial charge in [-0.05, 0) is 56.9 Å². The average molecular weight is 334 g/mol. The van der Waals surface area contributed by atoms with Crippen molar-refractivity contribution in [1.82, 2.24) is 10.6 Å². The highest BCUT2D eigenvalue weighted by Crippen LogP contribution is 2.39. The Morgan fingerprint density at radius 3 is 2.48 bits per heavy atom. The van der Waals surface area contributed by atoms with E-state index in [9.17, 15) is 13.2 Å². The second kappa shape index (κ2) is 7.70. The summed E-state index contributed by atoms with van der Waals surface area (Å²) >= 11 is 0. The fourth-order valence-electron chi connectivity index (χ4n) is 4.60. The normalized spacial score (nSPS) is 39.5. The van der Waals surface area contributed by atoms with E-state index in [0.29, 0.717) is 49.6 Å². The average Bonchev–Trinajstić information content (AvgIpc) is 3.02. The first kappa shape index (κ1) is 17.5. The first-order chi connectivity index (χ1) is 11.0. The zero-order valence-electron chi connectivity index (χ0n) is 13.7. The minimum Gasteiger partial charge on any atom is -0.379 e. The van der Waals surface area contributed by atoms with E-state index in [2.05, 4.69) is 10.6 Å². The highest BCUT2D eigenvalue weighted by Gasteiger charge is 2.41. The van der Waals surface area contributed by atoms with Crippen LogP contribution in [0.3, 0.4) is 0 Å². The molecule has 0 bridgehead atoms. The molecule has 23 heavy (non-hydrogen) atoms. The van der Waals surface area contributed by atoms with Crippen LogP contribution in [0.25, 0.3) is 0 Å². The molecule has 3 aliphatic rings. The van der Waals surface area contributed by atoms with Crippen LogP contribution < -0.4 is 10.6 Å². The summed E-state index contributed by atoms with van der Waals surface area (Å²) in [4.78, 5) is 0. The van der Waals surface area contributed by atoms with Crippen LogP contribution in [0.5, 0.6) is 0 Å². The standard InChI is InChI=1S/C17H29F3N2O/c18-17(19,20)13-6-4-12(5-7-13)10-22-15-3-1-2-14(15)16-11-23-9-8-21-16/h12-16,21-22H,1-11H2. The van der Waals surface area contributed by atoms with Gasteiger partial charge in [-0.1, -0.05) is 6.42 Å². The Morgan fingerprint density at radius 1 is 1.04 bits per heavy atom. The molecule has 134 valence electrons. The predicted molar refractivity (Wildman–Crippen MR) is 83.2 cm³/mol. The van der Waals surface area contributed by atoms with Crippen molar-refractivity contribution in [2.24, 2.45) is 17.8 Å². The fourth-order valence-corrected chi connectivity index (χ4v) is 4.60. The van der Waals surface area contributed by atoms with Crippen molar-refractivity contribution < 1.29 is 17.9 Å². The third-order valence-corrected chi connectivity index (χ3v) is 6.01. The van der Waals surface area contributed by atoms with Crippen molar-refractivity contribution in [1.29, 1.82) is 0 Å². The van der Waals surface area contributed by atoms with Crippen LogP contribution in [-0.4, -0.2) is 44.6 Å². The van der Waals surface area contributed by atoms with Crippen molar-refractivity contribution in [3.05, 3.63) is 0 Å². The summed E-state index contributed by atoms with van der Waals surface area (Å²) in [5.74, 6) is -0.0613. The van der Waals surface area contributed by atoms with Gasteiger partial charge in [0.25, 0.3) is 0 Å². The Balaban J connectivity index is 1.41. The molecular weight excluding hydrogens is 305 g/mol. The van der Waals surface area contributed by atoms with Crippen molar-refractivity contribution >= 4 is 0 Å². The van der Waals surface area contributed by atoms with E-state index in [-0.39, 0.29) is 0 Å². The third kappa shape index (κ3) is 4.60. The van der Waals surface area contributed by atoms with Gasteiger partial charge in [0, 0.05) is 18.6 Å². The lowest BCUT2D eigenvalue weighted by Crippen LogP contribution is -2.51. The molecule has 3 unspecified atom stereocenters. The number of nitrogens with one attached hydrogen (secondary N) is 2. The van der Waals surface area contributed by atoms with E-state index < -0.39 is 12.1 Å². The van der Waals surface area contributed by atoms with E-state index >= 15 is 0 Å². The maximum Gasteiger partial charge on any atom is 0.391 e. The molecule has 0 aromatic carbocycles. The van der Waals surface area contributed by atoms with Gasteiger partial charge in [-0.3, -0.25) is 0 Å². The number of hydrogen-bond acceptors (Lipinski definition) is 3. The smallest absolute Gasteiger partial charge is 0.379 e. The molecule has 1 aliphatic heterocycles. The van der Waals surface area contributed by atoms with Crippen LogP contribution in [0.4, 0.5) is 13.2 Å². The largest absolute Gasteiger partial charge is 0.391 e. The van der Waals surface area contributed by atoms with Crippen molar-refractivity contribution in [3.8, 4) is 0 Å². The molecule has 3 rings (SSSR count). The van der Waals surface area contributed by atoms with E-state index in [1.165, 1.54) is 19.3 Å². The van der Waals surface area contributed by atoms with E-state index in [1.54, 1.807) is 0 Å². The van der Waals surface area contributed by atoms with Crippen LogP contribution in [0, 0.1) is 17.8 Å². The molecule has 0 spiro atoms.